The average Bonchev–Trinajstić information content (AvgIpc) is 3.13. The molecular formula is C18H22N6O3S. The van der Waals surface area contributed by atoms with Gasteiger partial charge in [0, 0.05) is 0 Å². The second kappa shape index (κ2) is 8.01. The molecule has 3 rings (SSSR count). The summed E-state index contributed by atoms with van der Waals surface area (Å²) in [6.07, 6.45) is 0.431. The van der Waals surface area contributed by atoms with E-state index in [0.717, 1.165) is 16.4 Å². The first kappa shape index (κ1) is 19.9. The lowest BCUT2D eigenvalue weighted by molar-refractivity contribution is -0.137. The number of rotatable bonds is 7. The number of amides is 4. The lowest BCUT2D eigenvalue weighted by Gasteiger charge is -2.19. The SMILES string of the molecule is CCC1(C)NC(=O)N(NC(=O)CSc2nnc(C)n2Cc2ccccc2)C1=O. The Morgan fingerprint density at radius 3 is 2.61 bits per heavy atom. The predicted octanol–water partition coefficient (Wildman–Crippen LogP) is 1.48. The van der Waals surface area contributed by atoms with Gasteiger partial charge in [0.1, 0.15) is 11.4 Å². The molecular weight excluding hydrogens is 380 g/mol. The third-order valence-corrected chi connectivity index (χ3v) is 5.59. The molecule has 0 spiro atoms. The average molecular weight is 402 g/mol. The molecule has 2 N–H and O–H groups in total. The Labute approximate surface area is 166 Å². The maximum atomic E-state index is 12.3. The molecule has 4 amide bonds. The van der Waals surface area contributed by atoms with Crippen LogP contribution in [0.2, 0.25) is 0 Å². The van der Waals surface area contributed by atoms with Crippen LogP contribution in [-0.4, -0.2) is 48.9 Å². The number of imide groups is 1. The van der Waals surface area contributed by atoms with Gasteiger partial charge in [-0.05, 0) is 25.8 Å². The molecule has 0 aliphatic carbocycles. The van der Waals surface area contributed by atoms with E-state index in [0.29, 0.717) is 18.1 Å². The Hall–Kier alpha value is -2.88. The Kier molecular flexibility index (Phi) is 5.68. The summed E-state index contributed by atoms with van der Waals surface area (Å²) in [4.78, 5) is 36.6. The summed E-state index contributed by atoms with van der Waals surface area (Å²) < 4.78 is 1.91. The van der Waals surface area contributed by atoms with Gasteiger partial charge in [0.2, 0.25) is 5.91 Å². The number of carbonyl (C=O) groups excluding carboxylic acids is 3. The minimum atomic E-state index is -0.996. The number of nitrogens with zero attached hydrogens (tertiary/aromatic N) is 4. The van der Waals surface area contributed by atoms with Gasteiger partial charge >= 0.3 is 6.03 Å². The molecule has 1 saturated heterocycles. The van der Waals surface area contributed by atoms with Crippen LogP contribution in [0.1, 0.15) is 31.7 Å². The summed E-state index contributed by atoms with van der Waals surface area (Å²) in [5, 5.41) is 12.1. The first-order valence-corrected chi connectivity index (χ1v) is 9.85. The Balaban J connectivity index is 1.61. The van der Waals surface area contributed by atoms with Crippen LogP contribution in [0.15, 0.2) is 35.5 Å². The topological polar surface area (TPSA) is 109 Å². The molecule has 1 fully saturated rings. The second-order valence-corrected chi connectivity index (χ2v) is 7.62. The highest BCUT2D eigenvalue weighted by Gasteiger charge is 2.47. The third-order valence-electron chi connectivity index (χ3n) is 4.62. The highest BCUT2D eigenvalue weighted by atomic mass is 32.2. The zero-order valence-electron chi connectivity index (χ0n) is 15.9. The lowest BCUT2D eigenvalue weighted by atomic mass is 10.00. The molecule has 2 aromatic rings. The number of nitrogens with one attached hydrogen (secondary N) is 2. The first-order valence-electron chi connectivity index (χ1n) is 8.87. The minimum Gasteiger partial charge on any atom is -0.322 e. The van der Waals surface area contributed by atoms with Crippen molar-refractivity contribution < 1.29 is 14.4 Å². The molecule has 1 atom stereocenters. The Morgan fingerprint density at radius 2 is 1.96 bits per heavy atom. The molecule has 0 bridgehead atoms. The maximum Gasteiger partial charge on any atom is 0.344 e. The fourth-order valence-electron chi connectivity index (χ4n) is 2.73. The van der Waals surface area contributed by atoms with Crippen molar-refractivity contribution in [3.63, 3.8) is 0 Å². The number of aromatic nitrogens is 3. The van der Waals surface area contributed by atoms with Crippen molar-refractivity contribution >= 4 is 29.6 Å². The van der Waals surface area contributed by atoms with E-state index in [1.165, 1.54) is 11.8 Å². The Morgan fingerprint density at radius 1 is 1.25 bits per heavy atom. The van der Waals surface area contributed by atoms with Crippen molar-refractivity contribution in [3.8, 4) is 0 Å². The lowest BCUT2D eigenvalue weighted by Crippen LogP contribution is -2.49. The van der Waals surface area contributed by atoms with Gasteiger partial charge in [-0.25, -0.2) is 4.79 Å². The molecule has 1 unspecified atom stereocenters. The van der Waals surface area contributed by atoms with E-state index in [-0.39, 0.29) is 5.75 Å². The maximum absolute atomic E-state index is 12.3. The molecule has 148 valence electrons. The standard InChI is InChI=1S/C18H22N6O3S/c1-4-18(3)15(26)24(16(27)19-18)22-14(25)11-28-17-21-20-12(2)23(17)10-13-8-6-5-7-9-13/h5-9H,4,10-11H2,1-3H3,(H,19,27)(H,22,25). The molecule has 1 aliphatic heterocycles. The van der Waals surface area contributed by atoms with E-state index in [9.17, 15) is 14.4 Å². The first-order chi connectivity index (χ1) is 13.3. The number of thioether (sulfide) groups is 1. The van der Waals surface area contributed by atoms with Crippen LogP contribution in [-0.2, 0) is 16.1 Å². The molecule has 0 saturated carbocycles. The van der Waals surface area contributed by atoms with Crippen molar-refractivity contribution in [2.24, 2.45) is 0 Å². The molecule has 2 heterocycles. The van der Waals surface area contributed by atoms with Crippen LogP contribution in [0.25, 0.3) is 0 Å². The minimum absolute atomic E-state index is 0.00712. The molecule has 1 aliphatic rings. The van der Waals surface area contributed by atoms with Crippen LogP contribution in [0, 0.1) is 6.92 Å². The number of hydrogen-bond acceptors (Lipinski definition) is 6. The monoisotopic (exact) mass is 402 g/mol. The molecule has 9 nitrogen and oxygen atoms in total. The van der Waals surface area contributed by atoms with E-state index < -0.39 is 23.4 Å². The third kappa shape index (κ3) is 4.01. The van der Waals surface area contributed by atoms with Gasteiger partial charge in [-0.3, -0.25) is 15.0 Å². The number of hydrazine groups is 1. The number of carbonyl (C=O) groups is 3. The largest absolute Gasteiger partial charge is 0.344 e. The predicted molar refractivity (Wildman–Crippen MR) is 103 cm³/mol. The Bertz CT molecular complexity index is 900. The fourth-order valence-corrected chi connectivity index (χ4v) is 3.50. The number of aryl methyl sites for hydroxylation is 1. The smallest absolute Gasteiger partial charge is 0.322 e. The number of hydrogen-bond donors (Lipinski definition) is 2. The van der Waals surface area contributed by atoms with Crippen LogP contribution >= 0.6 is 11.8 Å². The van der Waals surface area contributed by atoms with E-state index in [4.69, 9.17) is 0 Å². The van der Waals surface area contributed by atoms with Gasteiger partial charge < -0.3 is 9.88 Å². The van der Waals surface area contributed by atoms with Crippen LogP contribution in [0.3, 0.4) is 0 Å². The summed E-state index contributed by atoms with van der Waals surface area (Å²) in [6.45, 7) is 5.86. The highest BCUT2D eigenvalue weighted by Crippen LogP contribution is 2.21. The second-order valence-electron chi connectivity index (χ2n) is 6.68. The zero-order valence-corrected chi connectivity index (χ0v) is 16.7. The summed E-state index contributed by atoms with van der Waals surface area (Å²) >= 11 is 1.19. The number of urea groups is 1. The van der Waals surface area contributed by atoms with Gasteiger partial charge in [0.15, 0.2) is 5.16 Å². The molecule has 0 radical (unpaired) electrons. The highest BCUT2D eigenvalue weighted by molar-refractivity contribution is 7.99. The molecule has 1 aromatic carbocycles. The molecule has 10 heteroatoms. The van der Waals surface area contributed by atoms with Crippen LogP contribution in [0.4, 0.5) is 4.79 Å². The van der Waals surface area contributed by atoms with E-state index in [1.807, 2.05) is 41.8 Å². The van der Waals surface area contributed by atoms with Gasteiger partial charge in [-0.1, -0.05) is 49.0 Å². The van der Waals surface area contributed by atoms with E-state index in [1.54, 1.807) is 13.8 Å². The van der Waals surface area contributed by atoms with Crippen LogP contribution < -0.4 is 10.7 Å². The molecule has 28 heavy (non-hydrogen) atoms. The summed E-state index contributed by atoms with van der Waals surface area (Å²) in [7, 11) is 0. The van der Waals surface area contributed by atoms with Crippen molar-refractivity contribution in [2.45, 2.75) is 44.4 Å². The van der Waals surface area contributed by atoms with E-state index in [2.05, 4.69) is 20.9 Å². The van der Waals surface area contributed by atoms with Gasteiger partial charge in [0.25, 0.3) is 5.91 Å². The van der Waals surface area contributed by atoms with Gasteiger partial charge in [0.05, 0.1) is 12.3 Å². The summed E-state index contributed by atoms with van der Waals surface area (Å²) in [5.41, 5.74) is 2.47. The summed E-state index contributed by atoms with van der Waals surface area (Å²) in [5.74, 6) is -0.214. The van der Waals surface area contributed by atoms with E-state index >= 15 is 0 Å². The normalized spacial score (nSPS) is 19.0. The molecule has 1 aromatic heterocycles. The van der Waals surface area contributed by atoms with Crippen molar-refractivity contribution in [1.82, 2.24) is 30.5 Å². The van der Waals surface area contributed by atoms with Gasteiger partial charge in [-0.15, -0.1) is 10.2 Å². The van der Waals surface area contributed by atoms with Crippen LogP contribution in [0.5, 0.6) is 0 Å². The van der Waals surface area contributed by atoms with Crippen molar-refractivity contribution in [2.75, 3.05) is 5.75 Å². The quantitative estimate of drug-likeness (QED) is 0.536. The zero-order chi connectivity index (χ0) is 20.3. The van der Waals surface area contributed by atoms with Crippen molar-refractivity contribution in [1.29, 1.82) is 0 Å². The van der Waals surface area contributed by atoms with Crippen molar-refractivity contribution in [3.05, 3.63) is 41.7 Å². The summed E-state index contributed by atoms with van der Waals surface area (Å²) in [6, 6.07) is 9.23. The van der Waals surface area contributed by atoms with Gasteiger partial charge in [-0.2, -0.15) is 5.01 Å². The number of benzene rings is 1. The fraction of sp³-hybridized carbons (Fsp3) is 0.389.